The molecular weight excluding hydrogens is 288 g/mol. The summed E-state index contributed by atoms with van der Waals surface area (Å²) in [6.45, 7) is 7.41. The molecule has 1 aromatic carbocycles. The molecule has 1 N–H and O–H groups in total. The summed E-state index contributed by atoms with van der Waals surface area (Å²) in [6, 6.07) is 8.61. The zero-order valence-corrected chi connectivity index (χ0v) is 14.0. The van der Waals surface area contributed by atoms with E-state index < -0.39 is 0 Å². The molecule has 4 nitrogen and oxygen atoms in total. The quantitative estimate of drug-likeness (QED) is 0.929. The highest BCUT2D eigenvalue weighted by atomic mass is 16.5. The highest BCUT2D eigenvalue weighted by Gasteiger charge is 2.27. The first-order valence-electron chi connectivity index (χ1n) is 8.59. The van der Waals surface area contributed by atoms with Gasteiger partial charge in [-0.2, -0.15) is 0 Å². The van der Waals surface area contributed by atoms with Gasteiger partial charge in [-0.05, 0) is 30.1 Å². The maximum atomic E-state index is 11.8. The molecule has 1 aromatic rings. The Bertz CT molecular complexity index is 597. The minimum absolute atomic E-state index is 0.273. The third kappa shape index (κ3) is 3.75. The van der Waals surface area contributed by atoms with Gasteiger partial charge in [-0.15, -0.1) is 0 Å². The minimum Gasteiger partial charge on any atom is -0.489 e. The topological polar surface area (TPSA) is 41.6 Å². The van der Waals surface area contributed by atoms with Crippen LogP contribution in [0.25, 0.3) is 6.08 Å². The maximum Gasteiger partial charge on any atom is 0.222 e. The summed E-state index contributed by atoms with van der Waals surface area (Å²) >= 11 is 0. The highest BCUT2D eigenvalue weighted by Crippen LogP contribution is 2.25. The van der Waals surface area contributed by atoms with Crippen molar-refractivity contribution in [1.29, 1.82) is 0 Å². The van der Waals surface area contributed by atoms with Gasteiger partial charge in [0.1, 0.15) is 12.4 Å². The van der Waals surface area contributed by atoms with Crippen LogP contribution in [0.5, 0.6) is 5.75 Å². The molecule has 0 aliphatic carbocycles. The molecule has 0 aromatic heterocycles. The van der Waals surface area contributed by atoms with E-state index in [1.165, 1.54) is 5.57 Å². The van der Waals surface area contributed by atoms with E-state index in [1.54, 1.807) is 0 Å². The van der Waals surface area contributed by atoms with E-state index in [4.69, 9.17) is 4.74 Å². The Labute approximate surface area is 138 Å². The molecule has 23 heavy (non-hydrogen) atoms. The maximum absolute atomic E-state index is 11.8. The number of nitrogens with zero attached hydrogens (tertiary/aromatic N) is 1. The van der Waals surface area contributed by atoms with Gasteiger partial charge in [0.25, 0.3) is 0 Å². The third-order valence-electron chi connectivity index (χ3n) is 4.84. The predicted octanol–water partition coefficient (Wildman–Crippen LogP) is 2.70. The molecule has 4 heteroatoms. The van der Waals surface area contributed by atoms with E-state index in [-0.39, 0.29) is 5.91 Å². The number of ether oxygens (including phenoxy) is 1. The molecule has 0 bridgehead atoms. The fourth-order valence-electron chi connectivity index (χ4n) is 3.43. The highest BCUT2D eigenvalue weighted by molar-refractivity contribution is 5.75. The lowest BCUT2D eigenvalue weighted by Crippen LogP contribution is -2.50. The van der Waals surface area contributed by atoms with E-state index in [9.17, 15) is 4.79 Å². The molecule has 0 radical (unpaired) electrons. The van der Waals surface area contributed by atoms with Crippen LogP contribution < -0.4 is 10.1 Å². The van der Waals surface area contributed by atoms with E-state index in [1.807, 2.05) is 30.0 Å². The third-order valence-corrected chi connectivity index (χ3v) is 4.84. The van der Waals surface area contributed by atoms with Crippen molar-refractivity contribution in [3.63, 3.8) is 0 Å². The van der Waals surface area contributed by atoms with Crippen molar-refractivity contribution < 1.29 is 9.53 Å². The van der Waals surface area contributed by atoms with Gasteiger partial charge in [0.2, 0.25) is 5.91 Å². The SMILES string of the molecule is CCC(=O)N1CC[C@H](NCC2=Cc3ccccc3OC2)[C@H](C)C1. The monoisotopic (exact) mass is 314 g/mol. The smallest absolute Gasteiger partial charge is 0.222 e. The summed E-state index contributed by atoms with van der Waals surface area (Å²) in [5.41, 5.74) is 2.44. The van der Waals surface area contributed by atoms with Gasteiger partial charge in [-0.3, -0.25) is 4.79 Å². The van der Waals surface area contributed by atoms with Gasteiger partial charge < -0.3 is 15.0 Å². The minimum atomic E-state index is 0.273. The molecule has 2 heterocycles. The number of hydrogen-bond donors (Lipinski definition) is 1. The van der Waals surface area contributed by atoms with Crippen LogP contribution in [-0.4, -0.2) is 43.1 Å². The second kappa shape index (κ2) is 7.18. The standard InChI is InChI=1S/C19H26N2O2/c1-3-19(22)21-9-8-17(14(2)12-21)20-11-15-10-16-6-4-5-7-18(16)23-13-15/h4-7,10,14,17,20H,3,8-9,11-13H2,1-2H3/t14-,17+/m1/s1. The van der Waals surface area contributed by atoms with Gasteiger partial charge in [-0.25, -0.2) is 0 Å². The summed E-state index contributed by atoms with van der Waals surface area (Å²) in [7, 11) is 0. The Hall–Kier alpha value is -1.81. The number of carbonyl (C=O) groups excluding carboxylic acids is 1. The second-order valence-electron chi connectivity index (χ2n) is 6.58. The number of hydrogen-bond acceptors (Lipinski definition) is 3. The number of nitrogens with one attached hydrogen (secondary N) is 1. The average molecular weight is 314 g/mol. The molecule has 124 valence electrons. The molecule has 2 atom stereocenters. The Morgan fingerprint density at radius 1 is 1.39 bits per heavy atom. The summed E-state index contributed by atoms with van der Waals surface area (Å²) in [4.78, 5) is 13.8. The van der Waals surface area contributed by atoms with Crippen molar-refractivity contribution in [3.05, 3.63) is 35.4 Å². The van der Waals surface area contributed by atoms with Crippen LogP contribution in [0.1, 0.15) is 32.3 Å². The number of para-hydroxylation sites is 1. The van der Waals surface area contributed by atoms with Crippen molar-refractivity contribution in [2.24, 2.45) is 5.92 Å². The lowest BCUT2D eigenvalue weighted by Gasteiger charge is -2.37. The number of carbonyl (C=O) groups is 1. The first-order chi connectivity index (χ1) is 11.2. The molecular formula is C19H26N2O2. The number of piperidine rings is 1. The average Bonchev–Trinajstić information content (AvgIpc) is 2.59. The van der Waals surface area contributed by atoms with Crippen molar-refractivity contribution in [3.8, 4) is 5.75 Å². The van der Waals surface area contributed by atoms with Crippen LogP contribution in [0.2, 0.25) is 0 Å². The van der Waals surface area contributed by atoms with Gasteiger partial charge >= 0.3 is 0 Å². The van der Waals surface area contributed by atoms with E-state index in [2.05, 4.69) is 24.4 Å². The molecule has 1 fully saturated rings. The fraction of sp³-hybridized carbons (Fsp3) is 0.526. The number of likely N-dealkylation sites (tertiary alicyclic amines) is 1. The second-order valence-corrected chi connectivity index (χ2v) is 6.58. The fourth-order valence-corrected chi connectivity index (χ4v) is 3.43. The van der Waals surface area contributed by atoms with E-state index in [0.717, 1.165) is 37.4 Å². The molecule has 1 amide bonds. The zero-order valence-electron chi connectivity index (χ0n) is 14.0. The Kier molecular flexibility index (Phi) is 5.01. The summed E-state index contributed by atoms with van der Waals surface area (Å²) in [5, 5.41) is 3.66. The Morgan fingerprint density at radius 2 is 2.22 bits per heavy atom. The Balaban J connectivity index is 1.54. The van der Waals surface area contributed by atoms with Crippen molar-refractivity contribution in [2.75, 3.05) is 26.2 Å². The number of rotatable bonds is 4. The van der Waals surface area contributed by atoms with Crippen LogP contribution in [0.15, 0.2) is 29.8 Å². The number of benzene rings is 1. The first kappa shape index (κ1) is 16.1. The lowest BCUT2D eigenvalue weighted by atomic mass is 9.93. The molecule has 0 saturated carbocycles. The van der Waals surface area contributed by atoms with Gasteiger partial charge in [0.15, 0.2) is 0 Å². The molecule has 3 rings (SSSR count). The molecule has 0 spiro atoms. The summed E-state index contributed by atoms with van der Waals surface area (Å²) in [6.07, 6.45) is 3.86. The van der Waals surface area contributed by atoms with Crippen molar-refractivity contribution >= 4 is 12.0 Å². The molecule has 0 unspecified atom stereocenters. The summed E-state index contributed by atoms with van der Waals surface area (Å²) < 4.78 is 5.80. The predicted molar refractivity (Wildman–Crippen MR) is 92.4 cm³/mol. The molecule has 1 saturated heterocycles. The van der Waals surface area contributed by atoms with Crippen LogP contribution >= 0.6 is 0 Å². The first-order valence-corrected chi connectivity index (χ1v) is 8.59. The van der Waals surface area contributed by atoms with E-state index in [0.29, 0.717) is 25.0 Å². The van der Waals surface area contributed by atoms with Gasteiger partial charge in [-0.1, -0.05) is 32.0 Å². The number of amides is 1. The zero-order chi connectivity index (χ0) is 16.2. The largest absolute Gasteiger partial charge is 0.489 e. The van der Waals surface area contributed by atoms with E-state index >= 15 is 0 Å². The van der Waals surface area contributed by atoms with Crippen molar-refractivity contribution in [2.45, 2.75) is 32.7 Å². The Morgan fingerprint density at radius 3 is 3.00 bits per heavy atom. The van der Waals surface area contributed by atoms with Gasteiger partial charge in [0.05, 0.1) is 0 Å². The van der Waals surface area contributed by atoms with Crippen LogP contribution in [0.4, 0.5) is 0 Å². The number of fused-ring (bicyclic) bond motifs is 1. The van der Waals surface area contributed by atoms with Gasteiger partial charge in [0, 0.05) is 37.7 Å². The summed E-state index contributed by atoms with van der Waals surface area (Å²) in [5.74, 6) is 1.72. The molecule has 2 aliphatic heterocycles. The van der Waals surface area contributed by atoms with Crippen LogP contribution in [0.3, 0.4) is 0 Å². The van der Waals surface area contributed by atoms with Crippen LogP contribution in [-0.2, 0) is 4.79 Å². The van der Waals surface area contributed by atoms with Crippen molar-refractivity contribution in [1.82, 2.24) is 10.2 Å². The normalized spacial score (nSPS) is 23.7. The van der Waals surface area contributed by atoms with Crippen LogP contribution in [0, 0.1) is 5.92 Å². The lowest BCUT2D eigenvalue weighted by molar-refractivity contribution is -0.132. The molecule has 2 aliphatic rings.